The van der Waals surface area contributed by atoms with Gasteiger partial charge in [0.1, 0.15) is 12.2 Å². The largest absolute Gasteiger partial charge is 0.306 e. The van der Waals surface area contributed by atoms with Crippen molar-refractivity contribution in [3.63, 3.8) is 0 Å². The van der Waals surface area contributed by atoms with E-state index < -0.39 is 0 Å². The molecule has 0 radical (unpaired) electrons. The van der Waals surface area contributed by atoms with Crippen LogP contribution in [0, 0.1) is 0 Å². The second-order valence-electron chi connectivity index (χ2n) is 4.26. The maximum Gasteiger partial charge on any atom is 0.140 e. The van der Waals surface area contributed by atoms with Crippen molar-refractivity contribution >= 4 is 0 Å². The van der Waals surface area contributed by atoms with E-state index in [2.05, 4.69) is 48.0 Å². The van der Waals surface area contributed by atoms with Gasteiger partial charge in [0.25, 0.3) is 0 Å². The van der Waals surface area contributed by atoms with Gasteiger partial charge in [-0.3, -0.25) is 0 Å². The normalized spacial score (nSPS) is 13.2. The number of hydrogen-bond donors (Lipinski definition) is 1. The summed E-state index contributed by atoms with van der Waals surface area (Å²) in [5.74, 6) is 1.01. The lowest BCUT2D eigenvalue weighted by Gasteiger charge is -2.23. The van der Waals surface area contributed by atoms with Gasteiger partial charge in [-0.2, -0.15) is 5.10 Å². The van der Waals surface area contributed by atoms with Crippen LogP contribution >= 0.6 is 0 Å². The summed E-state index contributed by atoms with van der Waals surface area (Å²) >= 11 is 0. The summed E-state index contributed by atoms with van der Waals surface area (Å²) < 4.78 is 1.93. The van der Waals surface area contributed by atoms with Gasteiger partial charge in [0.05, 0.1) is 6.54 Å². The van der Waals surface area contributed by atoms with Crippen molar-refractivity contribution in [1.29, 1.82) is 0 Å². The van der Waals surface area contributed by atoms with Crippen LogP contribution in [0.5, 0.6) is 0 Å². The van der Waals surface area contributed by atoms with Crippen LogP contribution in [0.3, 0.4) is 0 Å². The second kappa shape index (κ2) is 7.40. The molecule has 0 amide bonds. The van der Waals surface area contributed by atoms with Crippen LogP contribution in [0.4, 0.5) is 0 Å². The summed E-state index contributed by atoms with van der Waals surface area (Å²) in [4.78, 5) is 6.67. The van der Waals surface area contributed by atoms with Crippen LogP contribution in [-0.4, -0.2) is 45.3 Å². The molecular weight excluding hydrogens is 214 g/mol. The molecule has 1 N–H and O–H groups in total. The molecule has 1 rings (SSSR count). The summed E-state index contributed by atoms with van der Waals surface area (Å²) in [6, 6.07) is 0.469. The van der Waals surface area contributed by atoms with Crippen LogP contribution in [0.25, 0.3) is 0 Å². The highest BCUT2D eigenvalue weighted by Gasteiger charge is 2.08. The third-order valence-electron chi connectivity index (χ3n) is 3.03. The number of aromatic nitrogens is 3. The molecule has 5 nitrogen and oxygen atoms in total. The Balaban J connectivity index is 2.35. The van der Waals surface area contributed by atoms with Crippen LogP contribution in [0.2, 0.25) is 0 Å². The van der Waals surface area contributed by atoms with E-state index in [-0.39, 0.29) is 0 Å². The van der Waals surface area contributed by atoms with E-state index in [0.717, 1.165) is 38.5 Å². The quantitative estimate of drug-likeness (QED) is 0.738. The average molecular weight is 239 g/mol. The van der Waals surface area contributed by atoms with Crippen molar-refractivity contribution in [2.75, 3.05) is 19.6 Å². The summed E-state index contributed by atoms with van der Waals surface area (Å²) in [6.07, 6.45) is 1.62. The lowest BCUT2D eigenvalue weighted by Crippen LogP contribution is -2.39. The van der Waals surface area contributed by atoms with Gasteiger partial charge in [-0.15, -0.1) is 0 Å². The summed E-state index contributed by atoms with van der Waals surface area (Å²) in [7, 11) is 0. The molecule has 0 aliphatic heterocycles. The van der Waals surface area contributed by atoms with E-state index in [1.807, 2.05) is 4.68 Å². The topological polar surface area (TPSA) is 46.0 Å². The first-order valence-electron chi connectivity index (χ1n) is 6.53. The van der Waals surface area contributed by atoms with Gasteiger partial charge in [0, 0.05) is 19.1 Å². The Kier molecular flexibility index (Phi) is 6.15. The van der Waals surface area contributed by atoms with Gasteiger partial charge in [-0.1, -0.05) is 13.8 Å². The molecule has 0 aliphatic rings. The average Bonchev–Trinajstić information content (AvgIpc) is 2.80. The molecule has 0 fully saturated rings. The zero-order valence-corrected chi connectivity index (χ0v) is 11.5. The fraction of sp³-hybridized carbons (Fsp3) is 0.833. The zero-order chi connectivity index (χ0) is 12.7. The summed E-state index contributed by atoms with van der Waals surface area (Å²) in [6.45, 7) is 13.6. The molecule has 0 saturated heterocycles. The van der Waals surface area contributed by atoms with Crippen LogP contribution < -0.4 is 5.32 Å². The van der Waals surface area contributed by atoms with E-state index in [1.165, 1.54) is 0 Å². The Morgan fingerprint density at radius 3 is 2.65 bits per heavy atom. The molecule has 0 aromatic carbocycles. The van der Waals surface area contributed by atoms with Crippen molar-refractivity contribution in [3.05, 3.63) is 12.2 Å². The lowest BCUT2D eigenvalue weighted by molar-refractivity contribution is 0.269. The molecule has 1 aromatic rings. The van der Waals surface area contributed by atoms with Crippen LogP contribution in [0.1, 0.15) is 33.5 Å². The Hall–Kier alpha value is -0.940. The van der Waals surface area contributed by atoms with Crippen molar-refractivity contribution in [3.8, 4) is 0 Å². The molecule has 1 heterocycles. The molecule has 0 spiro atoms. The van der Waals surface area contributed by atoms with Crippen molar-refractivity contribution < 1.29 is 0 Å². The first-order valence-corrected chi connectivity index (χ1v) is 6.53. The number of likely N-dealkylation sites (N-methyl/N-ethyl adjacent to an activating group) is 1. The minimum absolute atomic E-state index is 0.469. The van der Waals surface area contributed by atoms with E-state index in [1.54, 1.807) is 6.33 Å². The van der Waals surface area contributed by atoms with Gasteiger partial charge >= 0.3 is 0 Å². The van der Waals surface area contributed by atoms with E-state index in [9.17, 15) is 0 Å². The standard InChI is InChI=1S/C12H25N5/c1-5-16(6-2)9-11(4)13-8-12-14-10-15-17(12)7-3/h10-11,13H,5-9H2,1-4H3. The van der Waals surface area contributed by atoms with Crippen molar-refractivity contribution in [1.82, 2.24) is 25.0 Å². The fourth-order valence-corrected chi connectivity index (χ4v) is 1.89. The van der Waals surface area contributed by atoms with Gasteiger partial charge in [-0.25, -0.2) is 9.67 Å². The van der Waals surface area contributed by atoms with E-state index in [4.69, 9.17) is 0 Å². The van der Waals surface area contributed by atoms with E-state index >= 15 is 0 Å². The number of nitrogens with zero attached hydrogens (tertiary/aromatic N) is 4. The zero-order valence-electron chi connectivity index (χ0n) is 11.5. The first-order chi connectivity index (χ1) is 8.21. The van der Waals surface area contributed by atoms with Crippen LogP contribution in [-0.2, 0) is 13.1 Å². The molecule has 0 saturated carbocycles. The molecule has 1 unspecified atom stereocenters. The van der Waals surface area contributed by atoms with Crippen molar-refractivity contribution in [2.45, 2.75) is 46.8 Å². The highest BCUT2D eigenvalue weighted by Crippen LogP contribution is 1.96. The lowest BCUT2D eigenvalue weighted by atomic mass is 10.3. The number of aryl methyl sites for hydroxylation is 1. The highest BCUT2D eigenvalue weighted by atomic mass is 15.3. The first kappa shape index (κ1) is 14.1. The number of hydrogen-bond acceptors (Lipinski definition) is 4. The summed E-state index contributed by atoms with van der Waals surface area (Å²) in [5, 5.41) is 7.65. The highest BCUT2D eigenvalue weighted by molar-refractivity contribution is 4.84. The maximum atomic E-state index is 4.25. The second-order valence-corrected chi connectivity index (χ2v) is 4.26. The Morgan fingerprint density at radius 2 is 2.06 bits per heavy atom. The van der Waals surface area contributed by atoms with Crippen LogP contribution in [0.15, 0.2) is 6.33 Å². The minimum Gasteiger partial charge on any atom is -0.306 e. The maximum absolute atomic E-state index is 4.25. The molecular formula is C12H25N5. The minimum atomic E-state index is 0.469. The molecule has 0 bridgehead atoms. The molecule has 1 atom stereocenters. The number of nitrogens with one attached hydrogen (secondary N) is 1. The Morgan fingerprint density at radius 1 is 1.35 bits per heavy atom. The molecule has 0 aliphatic carbocycles. The Bertz CT molecular complexity index is 306. The van der Waals surface area contributed by atoms with Gasteiger partial charge < -0.3 is 10.2 Å². The predicted molar refractivity (Wildman–Crippen MR) is 69.8 cm³/mol. The smallest absolute Gasteiger partial charge is 0.140 e. The SMILES string of the molecule is CCN(CC)CC(C)NCc1ncnn1CC. The summed E-state index contributed by atoms with van der Waals surface area (Å²) in [5.41, 5.74) is 0. The monoisotopic (exact) mass is 239 g/mol. The Labute approximate surface area is 104 Å². The van der Waals surface area contributed by atoms with Crippen molar-refractivity contribution in [2.24, 2.45) is 0 Å². The van der Waals surface area contributed by atoms with Gasteiger partial charge in [-0.05, 0) is 26.9 Å². The predicted octanol–water partition coefficient (Wildman–Crippen LogP) is 1.12. The molecule has 1 aromatic heterocycles. The molecule has 5 heteroatoms. The fourth-order valence-electron chi connectivity index (χ4n) is 1.89. The van der Waals surface area contributed by atoms with Gasteiger partial charge in [0.2, 0.25) is 0 Å². The molecule has 17 heavy (non-hydrogen) atoms. The number of rotatable bonds is 8. The third-order valence-corrected chi connectivity index (χ3v) is 3.03. The molecule has 98 valence electrons. The van der Waals surface area contributed by atoms with E-state index in [0.29, 0.717) is 6.04 Å². The van der Waals surface area contributed by atoms with Gasteiger partial charge in [0.15, 0.2) is 0 Å². The third kappa shape index (κ3) is 4.44.